The van der Waals surface area contributed by atoms with Gasteiger partial charge in [-0.25, -0.2) is 0 Å². The van der Waals surface area contributed by atoms with Crippen molar-refractivity contribution >= 4 is 23.2 Å². The summed E-state index contributed by atoms with van der Waals surface area (Å²) in [5, 5.41) is 6.98. The van der Waals surface area contributed by atoms with Gasteiger partial charge in [0.1, 0.15) is 0 Å². The smallest absolute Gasteiger partial charge is 0.0474 e. The van der Waals surface area contributed by atoms with Crippen molar-refractivity contribution in [2.75, 3.05) is 0 Å². The van der Waals surface area contributed by atoms with Gasteiger partial charge in [-0.3, -0.25) is 0 Å². The number of nitrogens with one attached hydrogen (secondary N) is 2. The van der Waals surface area contributed by atoms with Crippen LogP contribution in [0.1, 0.15) is 33.4 Å². The quantitative estimate of drug-likeness (QED) is 0.414. The lowest BCUT2D eigenvalue weighted by Crippen LogP contribution is -2.14. The van der Waals surface area contributed by atoms with Gasteiger partial charge in [-0.2, -0.15) is 0 Å². The maximum Gasteiger partial charge on any atom is 0.0474 e. The Morgan fingerprint density at radius 3 is 0.821 bits per heavy atom. The van der Waals surface area contributed by atoms with E-state index in [2.05, 4.69) is 83.4 Å². The van der Waals surface area contributed by atoms with Gasteiger partial charge in [0.15, 0.2) is 0 Å². The zero-order valence-electron chi connectivity index (χ0n) is 15.9. The summed E-state index contributed by atoms with van der Waals surface area (Å²) >= 11 is 11.7. The SMILES string of the molecule is ClCc1ccc(CNCc2ccc(CNCc3ccc(CCl)cc3)cc2)cc1. The van der Waals surface area contributed by atoms with Gasteiger partial charge in [-0.1, -0.05) is 72.8 Å². The van der Waals surface area contributed by atoms with Gasteiger partial charge < -0.3 is 10.6 Å². The van der Waals surface area contributed by atoms with Crippen molar-refractivity contribution in [2.45, 2.75) is 37.9 Å². The summed E-state index contributed by atoms with van der Waals surface area (Å²) in [6, 6.07) is 25.6. The molecule has 0 fully saturated rings. The zero-order chi connectivity index (χ0) is 19.6. The minimum Gasteiger partial charge on any atom is -0.309 e. The lowest BCUT2D eigenvalue weighted by molar-refractivity contribution is 0.685. The third-order valence-electron chi connectivity index (χ3n) is 4.69. The number of alkyl halides is 2. The molecular weight excluding hydrogens is 387 g/mol. The van der Waals surface area contributed by atoms with Gasteiger partial charge in [0, 0.05) is 37.9 Å². The Kier molecular flexibility index (Phi) is 8.38. The van der Waals surface area contributed by atoms with E-state index in [1.807, 2.05) is 0 Å². The van der Waals surface area contributed by atoms with E-state index in [-0.39, 0.29) is 0 Å². The predicted molar refractivity (Wildman–Crippen MR) is 120 cm³/mol. The standard InChI is InChI=1S/C24H26Cl2N2/c25-13-19-1-5-21(6-2-19)15-27-17-23-9-11-24(12-10-23)18-28-16-22-7-3-20(14-26)4-8-22/h1-12,27-28H,13-18H2. The van der Waals surface area contributed by atoms with Crippen molar-refractivity contribution in [3.05, 3.63) is 106 Å². The largest absolute Gasteiger partial charge is 0.309 e. The second kappa shape index (κ2) is 11.2. The molecule has 4 heteroatoms. The molecule has 3 aromatic rings. The molecule has 3 rings (SSSR count). The minimum atomic E-state index is 0.565. The van der Waals surface area contributed by atoms with Crippen LogP contribution in [-0.4, -0.2) is 0 Å². The molecule has 0 amide bonds. The third-order valence-corrected chi connectivity index (χ3v) is 5.31. The van der Waals surface area contributed by atoms with Crippen LogP contribution < -0.4 is 10.6 Å². The van der Waals surface area contributed by atoms with E-state index >= 15 is 0 Å². The van der Waals surface area contributed by atoms with E-state index in [1.165, 1.54) is 22.3 Å². The average Bonchev–Trinajstić information content (AvgIpc) is 2.76. The Labute approximate surface area is 177 Å². The molecule has 0 unspecified atom stereocenters. The van der Waals surface area contributed by atoms with Gasteiger partial charge in [0.25, 0.3) is 0 Å². The highest BCUT2D eigenvalue weighted by atomic mass is 35.5. The predicted octanol–water partition coefficient (Wildman–Crippen LogP) is 5.74. The maximum atomic E-state index is 5.83. The Morgan fingerprint density at radius 1 is 0.393 bits per heavy atom. The van der Waals surface area contributed by atoms with Crippen LogP contribution in [0.25, 0.3) is 0 Å². The van der Waals surface area contributed by atoms with E-state index < -0.39 is 0 Å². The topological polar surface area (TPSA) is 24.1 Å². The highest BCUT2D eigenvalue weighted by Crippen LogP contribution is 2.09. The molecule has 0 spiro atoms. The van der Waals surface area contributed by atoms with E-state index in [9.17, 15) is 0 Å². The number of hydrogen-bond donors (Lipinski definition) is 2. The summed E-state index contributed by atoms with van der Waals surface area (Å²) in [6.07, 6.45) is 0. The van der Waals surface area contributed by atoms with E-state index in [4.69, 9.17) is 23.2 Å². The molecule has 0 saturated heterocycles. The summed E-state index contributed by atoms with van der Waals surface area (Å²) in [7, 11) is 0. The molecule has 3 aromatic carbocycles. The molecule has 0 saturated carbocycles. The van der Waals surface area contributed by atoms with Crippen LogP contribution in [0.5, 0.6) is 0 Å². The van der Waals surface area contributed by atoms with Crippen molar-refractivity contribution in [1.29, 1.82) is 0 Å². The van der Waals surface area contributed by atoms with Crippen LogP contribution in [0.4, 0.5) is 0 Å². The minimum absolute atomic E-state index is 0.565. The number of benzene rings is 3. The molecule has 0 heterocycles. The second-order valence-corrected chi connectivity index (χ2v) is 7.46. The Bertz CT molecular complexity index is 755. The van der Waals surface area contributed by atoms with Crippen LogP contribution in [-0.2, 0) is 37.9 Å². The van der Waals surface area contributed by atoms with Crippen LogP contribution >= 0.6 is 23.2 Å². The molecule has 0 aliphatic carbocycles. The average molecular weight is 413 g/mol. The fourth-order valence-electron chi connectivity index (χ4n) is 2.97. The zero-order valence-corrected chi connectivity index (χ0v) is 17.4. The molecular formula is C24H26Cl2N2. The normalized spacial score (nSPS) is 10.9. The molecule has 0 aromatic heterocycles. The van der Waals surface area contributed by atoms with Gasteiger partial charge in [-0.05, 0) is 33.4 Å². The van der Waals surface area contributed by atoms with Gasteiger partial charge in [0.05, 0.1) is 0 Å². The summed E-state index contributed by atoms with van der Waals surface area (Å²) in [6.45, 7) is 3.43. The first-order valence-electron chi connectivity index (χ1n) is 9.53. The Morgan fingerprint density at radius 2 is 0.607 bits per heavy atom. The van der Waals surface area contributed by atoms with Gasteiger partial charge in [0.2, 0.25) is 0 Å². The van der Waals surface area contributed by atoms with Crippen LogP contribution in [0.15, 0.2) is 72.8 Å². The monoisotopic (exact) mass is 412 g/mol. The maximum absolute atomic E-state index is 5.83. The van der Waals surface area contributed by atoms with Crippen molar-refractivity contribution < 1.29 is 0 Å². The first kappa shape index (κ1) is 20.9. The number of rotatable bonds is 10. The van der Waals surface area contributed by atoms with E-state index in [0.717, 1.165) is 37.3 Å². The first-order chi connectivity index (χ1) is 13.8. The summed E-state index contributed by atoms with van der Waals surface area (Å²) < 4.78 is 0. The Hall–Kier alpha value is -1.84. The highest BCUT2D eigenvalue weighted by Gasteiger charge is 1.98. The number of hydrogen-bond acceptors (Lipinski definition) is 2. The van der Waals surface area contributed by atoms with Crippen LogP contribution in [0.3, 0.4) is 0 Å². The van der Waals surface area contributed by atoms with E-state index in [0.29, 0.717) is 11.8 Å². The molecule has 0 aliphatic rings. The molecule has 28 heavy (non-hydrogen) atoms. The van der Waals surface area contributed by atoms with E-state index in [1.54, 1.807) is 0 Å². The second-order valence-electron chi connectivity index (χ2n) is 6.92. The molecule has 2 nitrogen and oxygen atoms in total. The molecule has 0 atom stereocenters. The molecule has 0 aliphatic heterocycles. The van der Waals surface area contributed by atoms with Crippen LogP contribution in [0.2, 0.25) is 0 Å². The van der Waals surface area contributed by atoms with Crippen molar-refractivity contribution in [2.24, 2.45) is 0 Å². The first-order valence-corrected chi connectivity index (χ1v) is 10.6. The fourth-order valence-corrected chi connectivity index (χ4v) is 3.33. The molecule has 2 N–H and O–H groups in total. The highest BCUT2D eigenvalue weighted by molar-refractivity contribution is 6.17. The van der Waals surface area contributed by atoms with Crippen molar-refractivity contribution in [3.63, 3.8) is 0 Å². The van der Waals surface area contributed by atoms with Crippen molar-refractivity contribution in [3.8, 4) is 0 Å². The number of halogens is 2. The lowest BCUT2D eigenvalue weighted by atomic mass is 10.1. The van der Waals surface area contributed by atoms with Gasteiger partial charge >= 0.3 is 0 Å². The summed E-state index contributed by atoms with van der Waals surface area (Å²) in [4.78, 5) is 0. The summed E-state index contributed by atoms with van der Waals surface area (Å²) in [5.74, 6) is 1.13. The fraction of sp³-hybridized carbons (Fsp3) is 0.250. The van der Waals surface area contributed by atoms with Crippen molar-refractivity contribution in [1.82, 2.24) is 10.6 Å². The third kappa shape index (κ3) is 6.65. The lowest BCUT2D eigenvalue weighted by Gasteiger charge is -2.08. The Balaban J connectivity index is 1.38. The van der Waals surface area contributed by atoms with Gasteiger partial charge in [-0.15, -0.1) is 23.2 Å². The molecule has 0 bridgehead atoms. The summed E-state index contributed by atoms with van der Waals surface area (Å²) in [5.41, 5.74) is 7.43. The van der Waals surface area contributed by atoms with Crippen LogP contribution in [0, 0.1) is 0 Å². The molecule has 0 radical (unpaired) electrons. The molecule has 146 valence electrons.